The van der Waals surface area contributed by atoms with Crippen molar-refractivity contribution < 1.29 is 14.8 Å². The lowest BCUT2D eigenvalue weighted by atomic mass is 9.44. The van der Waals surface area contributed by atoms with Crippen LogP contribution in [0.4, 0.5) is 0 Å². The highest BCUT2D eigenvalue weighted by Gasteiger charge is 2.65. The van der Waals surface area contributed by atoms with Gasteiger partial charge in [0, 0.05) is 5.41 Å². The van der Waals surface area contributed by atoms with E-state index in [4.69, 9.17) is 9.68 Å². The number of hydrogen-bond acceptors (Lipinski definition) is 5. The smallest absolute Gasteiger partial charge is 0.111 e. The molecule has 0 spiro atoms. The van der Waals surface area contributed by atoms with E-state index in [2.05, 4.69) is 37.2 Å². The van der Waals surface area contributed by atoms with Crippen molar-refractivity contribution in [1.29, 1.82) is 0 Å². The Morgan fingerprint density at radius 3 is 2.52 bits per heavy atom. The summed E-state index contributed by atoms with van der Waals surface area (Å²) in [6, 6.07) is 0. The Morgan fingerprint density at radius 1 is 1.10 bits per heavy atom. The first-order valence-corrected chi connectivity index (χ1v) is 11.3. The van der Waals surface area contributed by atoms with E-state index in [1.165, 1.54) is 12.8 Å². The summed E-state index contributed by atoms with van der Waals surface area (Å²) in [5.74, 6) is 2.45. The second-order valence-corrected chi connectivity index (χ2v) is 10.5. The summed E-state index contributed by atoms with van der Waals surface area (Å²) in [6.45, 7) is 9.14. The van der Waals surface area contributed by atoms with Crippen LogP contribution in [0.5, 0.6) is 0 Å². The zero-order valence-corrected chi connectivity index (χ0v) is 19.0. The van der Waals surface area contributed by atoms with Crippen molar-refractivity contribution in [3.8, 4) is 0 Å². The monoisotopic (exact) mass is 402 g/mol. The Morgan fingerprint density at radius 2 is 1.83 bits per heavy atom. The number of aliphatic hydroxyl groups is 1. The molecule has 7 atom stereocenters. The van der Waals surface area contributed by atoms with Crippen molar-refractivity contribution in [2.75, 3.05) is 14.2 Å². The van der Waals surface area contributed by atoms with E-state index >= 15 is 0 Å². The van der Waals surface area contributed by atoms with Crippen LogP contribution in [0, 0.1) is 34.5 Å². The third-order valence-corrected chi connectivity index (χ3v) is 9.48. The maximum Gasteiger partial charge on any atom is 0.111 e. The molecule has 5 heteroatoms. The fraction of sp³-hybridized carbons (Fsp3) is 0.833. The molecule has 0 bridgehead atoms. The zero-order valence-electron chi connectivity index (χ0n) is 19.0. The van der Waals surface area contributed by atoms with Gasteiger partial charge in [-0.05, 0) is 87.0 Å². The minimum Gasteiger partial charge on any atom is -0.399 e. The molecule has 0 aromatic rings. The quantitative estimate of drug-likeness (QED) is 0.536. The Bertz CT molecular complexity index is 759. The summed E-state index contributed by atoms with van der Waals surface area (Å²) in [4.78, 5) is 10.1. The van der Waals surface area contributed by atoms with Gasteiger partial charge in [-0.25, -0.2) is 0 Å². The number of oxime groups is 2. The fourth-order valence-electron chi connectivity index (χ4n) is 8.01. The first-order chi connectivity index (χ1) is 13.7. The van der Waals surface area contributed by atoms with Crippen LogP contribution in [0.2, 0.25) is 0 Å². The minimum absolute atomic E-state index is 0.116. The molecule has 4 rings (SSSR count). The summed E-state index contributed by atoms with van der Waals surface area (Å²) in [6.07, 6.45) is 9.82. The van der Waals surface area contributed by atoms with Gasteiger partial charge in [-0.2, -0.15) is 0 Å². The molecule has 3 saturated carbocycles. The molecule has 3 fully saturated rings. The molecule has 0 aliphatic heterocycles. The van der Waals surface area contributed by atoms with Crippen LogP contribution in [-0.4, -0.2) is 36.4 Å². The van der Waals surface area contributed by atoms with Crippen LogP contribution in [0.15, 0.2) is 22.0 Å². The highest BCUT2D eigenvalue weighted by Crippen LogP contribution is 2.68. The molecule has 0 saturated heterocycles. The number of fused-ring (bicyclic) bond motifs is 5. The number of rotatable bonds is 3. The minimum atomic E-state index is -0.843. The first-order valence-electron chi connectivity index (χ1n) is 11.3. The van der Waals surface area contributed by atoms with E-state index in [-0.39, 0.29) is 10.8 Å². The van der Waals surface area contributed by atoms with Crippen LogP contribution in [0.1, 0.15) is 72.6 Å². The van der Waals surface area contributed by atoms with Gasteiger partial charge < -0.3 is 14.8 Å². The predicted octanol–water partition coefficient (Wildman–Crippen LogP) is 4.95. The topological polar surface area (TPSA) is 63.4 Å². The van der Waals surface area contributed by atoms with Gasteiger partial charge in [0.2, 0.25) is 0 Å². The molecule has 5 nitrogen and oxygen atoms in total. The molecular formula is C24H38N2O3. The maximum absolute atomic E-state index is 11.7. The highest BCUT2D eigenvalue weighted by atomic mass is 16.6. The molecule has 0 heterocycles. The van der Waals surface area contributed by atoms with E-state index in [9.17, 15) is 5.11 Å². The molecule has 4 aliphatic rings. The lowest BCUT2D eigenvalue weighted by Crippen LogP contribution is -2.57. The second-order valence-electron chi connectivity index (χ2n) is 10.5. The van der Waals surface area contributed by atoms with E-state index in [0.29, 0.717) is 23.7 Å². The number of allylic oxidation sites excluding steroid dienone is 2. The van der Waals surface area contributed by atoms with Crippen LogP contribution in [0.25, 0.3) is 0 Å². The molecule has 0 amide bonds. The number of hydrogen-bond donors (Lipinski definition) is 1. The van der Waals surface area contributed by atoms with E-state index in [1.807, 2.05) is 6.92 Å². The Balaban J connectivity index is 1.69. The highest BCUT2D eigenvalue weighted by molar-refractivity contribution is 5.96. The van der Waals surface area contributed by atoms with Crippen LogP contribution < -0.4 is 0 Å². The van der Waals surface area contributed by atoms with Gasteiger partial charge in [0.25, 0.3) is 0 Å². The van der Waals surface area contributed by atoms with Gasteiger partial charge >= 0.3 is 0 Å². The van der Waals surface area contributed by atoms with E-state index in [0.717, 1.165) is 43.5 Å². The Hall–Kier alpha value is -1.36. The first kappa shape index (κ1) is 20.9. The summed E-state index contributed by atoms with van der Waals surface area (Å²) in [5, 5.41) is 20.2. The van der Waals surface area contributed by atoms with Crippen LogP contribution in [-0.2, 0) is 9.68 Å². The summed E-state index contributed by atoms with van der Waals surface area (Å²) >= 11 is 0. The average molecular weight is 403 g/mol. The predicted molar refractivity (Wildman–Crippen MR) is 116 cm³/mol. The fourth-order valence-corrected chi connectivity index (χ4v) is 8.01. The van der Waals surface area contributed by atoms with Crippen molar-refractivity contribution in [3.63, 3.8) is 0 Å². The SMILES string of the molecule is CO/N=C1/C=C2[C@@H](C)C[C@@H]3[C@H](CC[C@@]4(C)[C@H]3CC[C@]4(O)/C(C)=N/OC)[C@@]2(C)CC1. The Labute approximate surface area is 175 Å². The van der Waals surface area contributed by atoms with Crippen molar-refractivity contribution >= 4 is 11.4 Å². The molecular weight excluding hydrogens is 364 g/mol. The number of nitrogens with zero attached hydrogens (tertiary/aromatic N) is 2. The maximum atomic E-state index is 11.7. The average Bonchev–Trinajstić information content (AvgIpc) is 2.96. The van der Waals surface area contributed by atoms with Gasteiger partial charge in [0.15, 0.2) is 0 Å². The van der Waals surface area contributed by atoms with Crippen LogP contribution >= 0.6 is 0 Å². The third kappa shape index (κ3) is 2.83. The summed E-state index contributed by atoms with van der Waals surface area (Å²) in [5.41, 5.74) is 2.70. The standard InChI is InChI=1S/C24H38N2O3/c1-15-13-18-19(22(3)10-7-17(26-29-6)14-21(15)22)8-11-23(4)20(18)9-12-24(23,27)16(2)25-28-5/h14-15,18-20,27H,7-13H2,1-6H3/b25-16+,26-17+/t15-,18+,19-,20-,22+,23-,24-/m0/s1. The van der Waals surface area contributed by atoms with Crippen molar-refractivity contribution in [1.82, 2.24) is 0 Å². The van der Waals surface area contributed by atoms with Gasteiger partial charge in [0.1, 0.15) is 19.8 Å². The van der Waals surface area contributed by atoms with E-state index < -0.39 is 5.60 Å². The summed E-state index contributed by atoms with van der Waals surface area (Å²) in [7, 11) is 3.21. The molecule has 0 unspecified atom stereocenters. The normalized spacial score (nSPS) is 48.4. The molecule has 0 aromatic heterocycles. The molecule has 162 valence electrons. The lowest BCUT2D eigenvalue weighted by molar-refractivity contribution is -0.101. The Kier molecular flexibility index (Phi) is 5.12. The molecule has 0 radical (unpaired) electrons. The zero-order chi connectivity index (χ0) is 21.0. The van der Waals surface area contributed by atoms with Gasteiger partial charge in [0.05, 0.1) is 11.4 Å². The van der Waals surface area contributed by atoms with Crippen molar-refractivity contribution in [3.05, 3.63) is 11.6 Å². The van der Waals surface area contributed by atoms with Gasteiger partial charge in [-0.15, -0.1) is 0 Å². The van der Waals surface area contributed by atoms with Crippen molar-refractivity contribution in [2.24, 2.45) is 44.8 Å². The lowest BCUT2D eigenvalue weighted by Gasteiger charge is -2.60. The molecule has 29 heavy (non-hydrogen) atoms. The summed E-state index contributed by atoms with van der Waals surface area (Å²) < 4.78 is 0. The molecule has 0 aromatic carbocycles. The van der Waals surface area contributed by atoms with Crippen LogP contribution in [0.3, 0.4) is 0 Å². The van der Waals surface area contributed by atoms with E-state index in [1.54, 1.807) is 19.8 Å². The van der Waals surface area contributed by atoms with Crippen molar-refractivity contribution in [2.45, 2.75) is 78.2 Å². The largest absolute Gasteiger partial charge is 0.399 e. The molecule has 4 aliphatic carbocycles. The second kappa shape index (κ2) is 7.11. The van der Waals surface area contributed by atoms with Gasteiger partial charge in [-0.1, -0.05) is 36.7 Å². The van der Waals surface area contributed by atoms with Gasteiger partial charge in [-0.3, -0.25) is 0 Å². The third-order valence-electron chi connectivity index (χ3n) is 9.48. The molecule has 1 N–H and O–H groups in total.